The summed E-state index contributed by atoms with van der Waals surface area (Å²) in [5.74, 6) is 0. The van der Waals surface area contributed by atoms with Gasteiger partial charge in [-0.25, -0.2) is 0 Å². The largest absolute Gasteiger partial charge is 0.353 e. The van der Waals surface area contributed by atoms with Crippen molar-refractivity contribution in [3.05, 3.63) is 78.4 Å². The second kappa shape index (κ2) is 5.72. The molecule has 0 aliphatic carbocycles. The molecule has 1 unspecified atom stereocenters. The van der Waals surface area contributed by atoms with Crippen LogP contribution in [-0.4, -0.2) is 13.2 Å². The molecule has 1 aliphatic rings. The number of nitrogens with zero attached hydrogens (tertiary/aromatic N) is 2. The highest BCUT2D eigenvalue weighted by atomic mass is 15.4. The van der Waals surface area contributed by atoms with Crippen LogP contribution in [0.15, 0.2) is 72.8 Å². The van der Waals surface area contributed by atoms with Gasteiger partial charge in [-0.1, -0.05) is 60.7 Å². The molecule has 120 valence electrons. The van der Waals surface area contributed by atoms with Gasteiger partial charge in [0.2, 0.25) is 0 Å². The lowest BCUT2D eigenvalue weighted by Gasteiger charge is -2.31. The summed E-state index contributed by atoms with van der Waals surface area (Å²) >= 11 is 0. The molecule has 3 aromatic rings. The van der Waals surface area contributed by atoms with Crippen molar-refractivity contribution in [2.24, 2.45) is 0 Å². The SMILES string of the molecule is Cc1cccc(-c2ccccc2)c1N1c2ccccc2N(C)C1C. The van der Waals surface area contributed by atoms with E-state index < -0.39 is 0 Å². The molecule has 3 aromatic carbocycles. The van der Waals surface area contributed by atoms with E-state index in [1.54, 1.807) is 0 Å². The van der Waals surface area contributed by atoms with Crippen molar-refractivity contribution in [2.75, 3.05) is 16.8 Å². The van der Waals surface area contributed by atoms with Gasteiger partial charge >= 0.3 is 0 Å². The fourth-order valence-corrected chi connectivity index (χ4v) is 3.68. The molecule has 0 bridgehead atoms. The van der Waals surface area contributed by atoms with Crippen LogP contribution in [0.25, 0.3) is 11.1 Å². The third kappa shape index (κ3) is 2.18. The third-order valence-corrected chi connectivity index (χ3v) is 5.02. The lowest BCUT2D eigenvalue weighted by Crippen LogP contribution is -2.36. The summed E-state index contributed by atoms with van der Waals surface area (Å²) in [5, 5.41) is 0. The van der Waals surface area contributed by atoms with Gasteiger partial charge in [-0.15, -0.1) is 0 Å². The highest BCUT2D eigenvalue weighted by Gasteiger charge is 2.33. The second-order valence-electron chi connectivity index (χ2n) is 6.44. The minimum atomic E-state index is 0.283. The van der Waals surface area contributed by atoms with Crippen LogP contribution in [0.3, 0.4) is 0 Å². The van der Waals surface area contributed by atoms with E-state index in [4.69, 9.17) is 0 Å². The molecule has 24 heavy (non-hydrogen) atoms. The lowest BCUT2D eigenvalue weighted by atomic mass is 9.99. The van der Waals surface area contributed by atoms with Crippen molar-refractivity contribution in [3.8, 4) is 11.1 Å². The summed E-state index contributed by atoms with van der Waals surface area (Å²) in [6.07, 6.45) is 0.283. The van der Waals surface area contributed by atoms with Gasteiger partial charge in [0, 0.05) is 12.6 Å². The van der Waals surface area contributed by atoms with E-state index in [0.29, 0.717) is 0 Å². The van der Waals surface area contributed by atoms with Crippen LogP contribution in [0, 0.1) is 6.92 Å². The van der Waals surface area contributed by atoms with Crippen molar-refractivity contribution >= 4 is 17.1 Å². The fourth-order valence-electron chi connectivity index (χ4n) is 3.68. The summed E-state index contributed by atoms with van der Waals surface area (Å²) in [5.41, 5.74) is 7.70. The molecule has 4 rings (SSSR count). The molecule has 0 fully saturated rings. The van der Waals surface area contributed by atoms with Gasteiger partial charge < -0.3 is 9.80 Å². The van der Waals surface area contributed by atoms with Crippen LogP contribution in [0.5, 0.6) is 0 Å². The van der Waals surface area contributed by atoms with Gasteiger partial charge in [-0.05, 0) is 37.1 Å². The van der Waals surface area contributed by atoms with Crippen LogP contribution >= 0.6 is 0 Å². The maximum Gasteiger partial charge on any atom is 0.103 e. The standard InChI is InChI=1S/C22H22N2/c1-16-10-9-13-19(18-11-5-4-6-12-18)22(16)24-17(2)23(3)20-14-7-8-15-21(20)24/h4-15,17H,1-3H3. The summed E-state index contributed by atoms with van der Waals surface area (Å²) in [6, 6.07) is 25.9. The molecule has 0 saturated carbocycles. The summed E-state index contributed by atoms with van der Waals surface area (Å²) in [7, 11) is 2.17. The van der Waals surface area contributed by atoms with Crippen LogP contribution < -0.4 is 9.80 Å². The second-order valence-corrected chi connectivity index (χ2v) is 6.44. The first kappa shape index (κ1) is 14.8. The number of para-hydroxylation sites is 3. The van der Waals surface area contributed by atoms with Gasteiger partial charge in [0.05, 0.1) is 17.1 Å². The lowest BCUT2D eigenvalue weighted by molar-refractivity contribution is 0.733. The Hall–Kier alpha value is -2.74. The minimum absolute atomic E-state index is 0.283. The fraction of sp³-hybridized carbons (Fsp3) is 0.182. The Kier molecular flexibility index (Phi) is 3.53. The van der Waals surface area contributed by atoms with Gasteiger partial charge in [-0.3, -0.25) is 0 Å². The molecule has 1 heterocycles. The predicted molar refractivity (Wildman–Crippen MR) is 103 cm³/mol. The topological polar surface area (TPSA) is 6.48 Å². The van der Waals surface area contributed by atoms with Gasteiger partial charge in [0.1, 0.15) is 6.17 Å². The summed E-state index contributed by atoms with van der Waals surface area (Å²) in [6.45, 7) is 4.47. The van der Waals surface area contributed by atoms with Crippen molar-refractivity contribution in [1.82, 2.24) is 0 Å². The van der Waals surface area contributed by atoms with Gasteiger partial charge in [-0.2, -0.15) is 0 Å². The maximum absolute atomic E-state index is 2.47. The van der Waals surface area contributed by atoms with E-state index in [1.807, 2.05) is 0 Å². The van der Waals surface area contributed by atoms with Crippen LogP contribution in [0.1, 0.15) is 12.5 Å². The number of fused-ring (bicyclic) bond motifs is 1. The number of benzene rings is 3. The number of hydrogen-bond donors (Lipinski definition) is 0. The molecule has 1 atom stereocenters. The first-order valence-electron chi connectivity index (χ1n) is 8.44. The zero-order valence-corrected chi connectivity index (χ0v) is 14.4. The Bertz CT molecular complexity index is 870. The monoisotopic (exact) mass is 314 g/mol. The number of rotatable bonds is 2. The number of aryl methyl sites for hydroxylation is 1. The zero-order chi connectivity index (χ0) is 16.7. The Morgan fingerprint density at radius 2 is 1.42 bits per heavy atom. The van der Waals surface area contributed by atoms with Crippen molar-refractivity contribution in [1.29, 1.82) is 0 Å². The molecule has 0 aromatic heterocycles. The number of anilines is 3. The molecular formula is C22H22N2. The van der Waals surface area contributed by atoms with Crippen molar-refractivity contribution in [2.45, 2.75) is 20.0 Å². The van der Waals surface area contributed by atoms with E-state index in [-0.39, 0.29) is 6.17 Å². The van der Waals surface area contributed by atoms with E-state index in [2.05, 4.69) is 103 Å². The van der Waals surface area contributed by atoms with E-state index in [9.17, 15) is 0 Å². The molecule has 0 radical (unpaired) electrons. The van der Waals surface area contributed by atoms with Gasteiger partial charge in [0.25, 0.3) is 0 Å². The molecule has 1 aliphatic heterocycles. The molecular weight excluding hydrogens is 292 g/mol. The van der Waals surface area contributed by atoms with Crippen molar-refractivity contribution in [3.63, 3.8) is 0 Å². The predicted octanol–water partition coefficient (Wildman–Crippen LogP) is 5.60. The maximum atomic E-state index is 2.47. The Morgan fingerprint density at radius 1 is 0.750 bits per heavy atom. The molecule has 2 nitrogen and oxygen atoms in total. The van der Waals surface area contributed by atoms with Crippen LogP contribution in [0.4, 0.5) is 17.1 Å². The molecule has 0 spiro atoms. The third-order valence-electron chi connectivity index (χ3n) is 5.02. The van der Waals surface area contributed by atoms with Crippen LogP contribution in [-0.2, 0) is 0 Å². The van der Waals surface area contributed by atoms with E-state index in [1.165, 1.54) is 33.8 Å². The average Bonchev–Trinajstić information content (AvgIpc) is 2.87. The Labute approximate surface area is 144 Å². The molecule has 2 heteroatoms. The molecule has 0 N–H and O–H groups in total. The first-order chi connectivity index (χ1) is 11.7. The quantitative estimate of drug-likeness (QED) is 0.608. The Balaban J connectivity index is 1.95. The van der Waals surface area contributed by atoms with Crippen molar-refractivity contribution < 1.29 is 0 Å². The normalized spacial score (nSPS) is 16.4. The van der Waals surface area contributed by atoms with Crippen LogP contribution in [0.2, 0.25) is 0 Å². The van der Waals surface area contributed by atoms with Gasteiger partial charge in [0.15, 0.2) is 0 Å². The first-order valence-corrected chi connectivity index (χ1v) is 8.44. The highest BCUT2D eigenvalue weighted by molar-refractivity contribution is 5.91. The average molecular weight is 314 g/mol. The minimum Gasteiger partial charge on any atom is -0.353 e. The van der Waals surface area contributed by atoms with E-state index >= 15 is 0 Å². The Morgan fingerprint density at radius 3 is 2.17 bits per heavy atom. The molecule has 0 amide bonds. The summed E-state index contributed by atoms with van der Waals surface area (Å²) in [4.78, 5) is 4.81. The summed E-state index contributed by atoms with van der Waals surface area (Å²) < 4.78 is 0. The number of hydrogen-bond acceptors (Lipinski definition) is 2. The highest BCUT2D eigenvalue weighted by Crippen LogP contribution is 2.47. The molecule has 0 saturated heterocycles. The van der Waals surface area contributed by atoms with E-state index in [0.717, 1.165) is 0 Å². The smallest absolute Gasteiger partial charge is 0.103 e. The zero-order valence-electron chi connectivity index (χ0n) is 14.4.